The molecule has 0 aliphatic carbocycles. The molecule has 55 heavy (non-hydrogen) atoms. The van der Waals surface area contributed by atoms with E-state index in [1.807, 2.05) is 31.2 Å². The van der Waals surface area contributed by atoms with Gasteiger partial charge in [0.2, 0.25) is 0 Å². The topological polar surface area (TPSA) is 0 Å². The minimum atomic E-state index is -4.59. The van der Waals surface area contributed by atoms with Crippen LogP contribution in [-0.2, 0) is 10.8 Å². The number of unbranched alkanes of at least 4 members (excludes halogenated alkanes) is 5. The van der Waals surface area contributed by atoms with Crippen molar-refractivity contribution in [1.82, 2.24) is 0 Å². The lowest BCUT2D eigenvalue weighted by molar-refractivity contribution is -0.890. The van der Waals surface area contributed by atoms with Gasteiger partial charge in [0.1, 0.15) is 5.41 Å². The number of halogens is 6. The number of aryl methyl sites for hydroxylation is 1. The van der Waals surface area contributed by atoms with Gasteiger partial charge >= 0.3 is 12.4 Å². The number of quaternary nitrogens is 2. The van der Waals surface area contributed by atoms with E-state index >= 15 is 13.2 Å². The fourth-order valence-electron chi connectivity index (χ4n) is 7.51. The predicted molar refractivity (Wildman–Crippen MR) is 216 cm³/mol. The third-order valence-corrected chi connectivity index (χ3v) is 11.4. The second kappa shape index (κ2) is 17.7. The van der Waals surface area contributed by atoms with Gasteiger partial charge in [-0.2, -0.15) is 26.3 Å². The van der Waals surface area contributed by atoms with Crippen LogP contribution in [0.15, 0.2) is 97.1 Å². The summed E-state index contributed by atoms with van der Waals surface area (Å²) in [6.45, 7) is 7.40. The van der Waals surface area contributed by atoms with Crippen LogP contribution in [0.3, 0.4) is 0 Å². The molecule has 0 heterocycles. The van der Waals surface area contributed by atoms with Crippen molar-refractivity contribution in [3.8, 4) is 22.3 Å². The highest BCUT2D eigenvalue weighted by Crippen LogP contribution is 2.50. The average molecular weight is 769 g/mol. The molecule has 8 heteroatoms. The molecule has 1 atom stereocenters. The van der Waals surface area contributed by atoms with Gasteiger partial charge in [0.05, 0.1) is 60.3 Å². The van der Waals surface area contributed by atoms with Crippen LogP contribution in [0.2, 0.25) is 0 Å². The van der Waals surface area contributed by atoms with Crippen molar-refractivity contribution in [2.45, 2.75) is 95.3 Å². The molecule has 0 aromatic heterocycles. The molecule has 4 aromatic rings. The number of nitrogens with zero attached hydrogens (tertiary/aromatic N) is 2. The smallest absolute Gasteiger partial charge is 0.331 e. The van der Waals surface area contributed by atoms with Gasteiger partial charge in [-0.3, -0.25) is 0 Å². The Morgan fingerprint density at radius 2 is 0.764 bits per heavy atom. The maximum atomic E-state index is 15.8. The summed E-state index contributed by atoms with van der Waals surface area (Å²) in [5.74, 6) is 0. The molecule has 0 bridgehead atoms. The van der Waals surface area contributed by atoms with Crippen LogP contribution in [0.5, 0.6) is 0 Å². The fourth-order valence-corrected chi connectivity index (χ4v) is 7.51. The number of rotatable bonds is 18. The Labute approximate surface area is 326 Å². The monoisotopic (exact) mass is 768 g/mol. The molecule has 0 N–H and O–H groups in total. The van der Waals surface area contributed by atoms with Gasteiger partial charge in [0, 0.05) is 0 Å². The van der Waals surface area contributed by atoms with E-state index in [2.05, 4.69) is 35.2 Å². The lowest BCUT2D eigenvalue weighted by atomic mass is 9.70. The number of alkyl halides is 6. The first-order chi connectivity index (χ1) is 25.6. The average Bonchev–Trinajstić information content (AvgIpc) is 3.10. The van der Waals surface area contributed by atoms with Gasteiger partial charge in [0.25, 0.3) is 0 Å². The van der Waals surface area contributed by atoms with Crippen molar-refractivity contribution in [3.63, 3.8) is 0 Å². The Morgan fingerprint density at radius 1 is 0.418 bits per heavy atom. The standard InChI is InChI=1S/C47H62F6N2/c1-36-16-18-37(19-17-36)39-22-28-42(29-23-39)45(47(51,52)53,32-12-11-15-35-55(7,8)34-14-10-9-13-33-54(4,5)6)43-30-24-40(25-31-43)38-20-26-41(27-21-38)44(2,3)46(48,49)50/h16-31H,9-15,32-35H2,1-8H3/q+2. The van der Waals surface area contributed by atoms with Crippen LogP contribution < -0.4 is 0 Å². The zero-order valence-electron chi connectivity index (χ0n) is 34.2. The summed E-state index contributed by atoms with van der Waals surface area (Å²) in [4.78, 5) is 0. The lowest BCUT2D eigenvalue weighted by Crippen LogP contribution is -2.43. The Bertz CT molecular complexity index is 1760. The molecule has 300 valence electrons. The van der Waals surface area contributed by atoms with E-state index in [1.54, 1.807) is 60.7 Å². The van der Waals surface area contributed by atoms with Gasteiger partial charge in [-0.25, -0.2) is 0 Å². The van der Waals surface area contributed by atoms with E-state index in [0.29, 0.717) is 24.0 Å². The third-order valence-electron chi connectivity index (χ3n) is 11.4. The first-order valence-corrected chi connectivity index (χ1v) is 19.7. The maximum absolute atomic E-state index is 15.8. The Kier molecular flexibility index (Phi) is 14.2. The molecule has 0 fully saturated rings. The SMILES string of the molecule is Cc1ccc(-c2ccc(C(CCCCC[N+](C)(C)CCCCCC[N+](C)(C)C)(c3ccc(-c4ccc(C(C)(C)C(F)(F)F)cc4)cc3)C(F)(F)F)cc2)cc1. The largest absolute Gasteiger partial charge is 0.402 e. The summed E-state index contributed by atoms with van der Waals surface area (Å²) >= 11 is 0. The Balaban J connectivity index is 1.56. The molecule has 1 unspecified atom stereocenters. The number of benzene rings is 4. The molecule has 0 amide bonds. The molecular weight excluding hydrogens is 707 g/mol. The fraction of sp³-hybridized carbons (Fsp3) is 0.489. The third kappa shape index (κ3) is 11.5. The summed E-state index contributed by atoms with van der Waals surface area (Å²) < 4.78 is 90.2. The number of hydrogen-bond acceptors (Lipinski definition) is 0. The van der Waals surface area contributed by atoms with Gasteiger partial charge in [-0.15, -0.1) is 0 Å². The van der Waals surface area contributed by atoms with E-state index in [0.717, 1.165) is 65.4 Å². The quantitative estimate of drug-likeness (QED) is 0.0537. The second-order valence-electron chi connectivity index (χ2n) is 17.7. The molecule has 2 nitrogen and oxygen atoms in total. The van der Waals surface area contributed by atoms with Crippen molar-refractivity contribution in [2.75, 3.05) is 54.9 Å². The molecule has 0 radical (unpaired) electrons. The van der Waals surface area contributed by atoms with E-state index in [9.17, 15) is 13.2 Å². The van der Waals surface area contributed by atoms with Gasteiger partial charge in [-0.1, -0.05) is 109 Å². The summed E-state index contributed by atoms with van der Waals surface area (Å²) in [7, 11) is 11.1. The van der Waals surface area contributed by atoms with Crippen LogP contribution in [0, 0.1) is 6.92 Å². The number of hydrogen-bond donors (Lipinski definition) is 0. The highest BCUT2D eigenvalue weighted by Gasteiger charge is 2.56. The Morgan fingerprint density at radius 3 is 1.13 bits per heavy atom. The van der Waals surface area contributed by atoms with Gasteiger partial charge in [0.15, 0.2) is 0 Å². The van der Waals surface area contributed by atoms with E-state index in [-0.39, 0.29) is 23.1 Å². The summed E-state index contributed by atoms with van der Waals surface area (Å²) in [6.07, 6.45) is -2.41. The van der Waals surface area contributed by atoms with Gasteiger partial charge < -0.3 is 8.97 Å². The van der Waals surface area contributed by atoms with Gasteiger partial charge in [-0.05, 0) is 105 Å². The summed E-state index contributed by atoms with van der Waals surface area (Å²) in [5.41, 5.74) is 0.372. The maximum Gasteiger partial charge on any atom is 0.402 e. The van der Waals surface area contributed by atoms with Crippen LogP contribution in [-0.4, -0.2) is 76.2 Å². The molecule has 0 saturated carbocycles. The van der Waals surface area contributed by atoms with Crippen LogP contribution in [0.1, 0.15) is 87.5 Å². The van der Waals surface area contributed by atoms with Crippen LogP contribution in [0.4, 0.5) is 26.3 Å². The summed E-state index contributed by atoms with van der Waals surface area (Å²) in [5, 5.41) is 0. The molecule has 0 aliphatic rings. The highest BCUT2D eigenvalue weighted by atomic mass is 19.4. The minimum Gasteiger partial charge on any atom is -0.331 e. The molecule has 0 spiro atoms. The Hall–Kier alpha value is -3.62. The molecular formula is C47H62F6N2+2. The first-order valence-electron chi connectivity index (χ1n) is 19.7. The van der Waals surface area contributed by atoms with Crippen LogP contribution >= 0.6 is 0 Å². The van der Waals surface area contributed by atoms with Crippen molar-refractivity contribution in [1.29, 1.82) is 0 Å². The summed E-state index contributed by atoms with van der Waals surface area (Å²) in [6, 6.07) is 27.2. The predicted octanol–water partition coefficient (Wildman–Crippen LogP) is 12.9. The van der Waals surface area contributed by atoms with E-state index < -0.39 is 23.2 Å². The lowest BCUT2D eigenvalue weighted by Gasteiger charge is -2.37. The zero-order valence-corrected chi connectivity index (χ0v) is 34.2. The van der Waals surface area contributed by atoms with E-state index in [1.165, 1.54) is 37.9 Å². The zero-order chi connectivity index (χ0) is 40.7. The van der Waals surface area contributed by atoms with Crippen molar-refractivity contribution in [2.24, 2.45) is 0 Å². The van der Waals surface area contributed by atoms with E-state index in [4.69, 9.17) is 0 Å². The molecule has 0 saturated heterocycles. The molecule has 4 rings (SSSR count). The molecule has 0 aliphatic heterocycles. The first kappa shape index (κ1) is 44.1. The van der Waals surface area contributed by atoms with Crippen molar-refractivity contribution < 1.29 is 35.3 Å². The van der Waals surface area contributed by atoms with Crippen LogP contribution in [0.25, 0.3) is 22.3 Å². The minimum absolute atomic E-state index is 0.0966. The van der Waals surface area contributed by atoms with Crippen molar-refractivity contribution >= 4 is 0 Å². The molecule has 4 aromatic carbocycles. The highest BCUT2D eigenvalue weighted by molar-refractivity contribution is 5.66. The second-order valence-corrected chi connectivity index (χ2v) is 17.7. The van der Waals surface area contributed by atoms with Crippen molar-refractivity contribution in [3.05, 3.63) is 119 Å². The normalized spacial score (nSPS) is 14.2.